The molecule has 4 rings (SSSR count). The van der Waals surface area contributed by atoms with Crippen molar-refractivity contribution in [3.05, 3.63) is 18.6 Å². The van der Waals surface area contributed by atoms with E-state index in [2.05, 4.69) is 20.2 Å². The predicted molar refractivity (Wildman–Crippen MR) is 112 cm³/mol. The molecule has 2 fully saturated rings. The summed E-state index contributed by atoms with van der Waals surface area (Å²) in [6, 6.07) is 1.79. The number of rotatable bonds is 3. The van der Waals surface area contributed by atoms with Crippen LogP contribution in [0.1, 0.15) is 25.5 Å². The van der Waals surface area contributed by atoms with E-state index in [9.17, 15) is 10.2 Å². The Bertz CT molecular complexity index is 806. The molecule has 2 aliphatic rings. The second-order valence-electron chi connectivity index (χ2n) is 7.99. The number of hydrogen-bond donors (Lipinski definition) is 4. The molecule has 4 atom stereocenters. The Labute approximate surface area is 176 Å². The molecule has 2 aromatic rings. The topological polar surface area (TPSA) is 131 Å². The summed E-state index contributed by atoms with van der Waals surface area (Å²) < 4.78 is 13.6. The van der Waals surface area contributed by atoms with Crippen molar-refractivity contribution in [3.8, 4) is 0 Å². The lowest BCUT2D eigenvalue weighted by atomic mass is 10.1. The third-order valence-corrected chi connectivity index (χ3v) is 5.86. The zero-order valence-electron chi connectivity index (χ0n) is 17.2. The molecule has 0 radical (unpaired) electrons. The molecule has 10 nitrogen and oxygen atoms in total. The summed E-state index contributed by atoms with van der Waals surface area (Å²) in [5, 5.41) is 25.5. The minimum Gasteiger partial charge on any atom is -0.387 e. The first-order chi connectivity index (χ1) is 14.6. The van der Waals surface area contributed by atoms with Gasteiger partial charge in [-0.25, -0.2) is 9.97 Å². The Morgan fingerprint density at radius 1 is 1.10 bits per heavy atom. The molecule has 2 aliphatic heterocycles. The number of aliphatic hydroxyl groups is 2. The quantitative estimate of drug-likeness (QED) is 0.530. The Balaban J connectivity index is 1.43. The predicted octanol–water partition coefficient (Wildman–Crippen LogP) is -0.275. The van der Waals surface area contributed by atoms with Gasteiger partial charge in [0.15, 0.2) is 6.23 Å². The smallest absolute Gasteiger partial charge is 0.164 e. The van der Waals surface area contributed by atoms with E-state index in [1.807, 2.05) is 0 Å². The number of hydrogen-bond acceptors (Lipinski definition) is 9. The second-order valence-corrected chi connectivity index (χ2v) is 7.99. The third-order valence-electron chi connectivity index (χ3n) is 5.86. The maximum absolute atomic E-state index is 10.7. The van der Waals surface area contributed by atoms with Gasteiger partial charge in [0.05, 0.1) is 12.0 Å². The number of anilines is 1. The molecule has 0 amide bonds. The summed E-state index contributed by atoms with van der Waals surface area (Å²) in [6.07, 6.45) is 3.04. The Morgan fingerprint density at radius 2 is 1.97 bits per heavy atom. The number of nitrogens with two attached hydrogens (primary N) is 1. The van der Waals surface area contributed by atoms with Gasteiger partial charge in [0, 0.05) is 25.9 Å². The molecule has 0 bridgehead atoms. The summed E-state index contributed by atoms with van der Waals surface area (Å²) in [6.45, 7) is 5.57. The van der Waals surface area contributed by atoms with Gasteiger partial charge in [0.25, 0.3) is 0 Å². The average Bonchev–Trinajstić information content (AvgIpc) is 3.27. The Hall–Kier alpha value is -1.82. The molecule has 0 unspecified atom stereocenters. The zero-order chi connectivity index (χ0) is 20.9. The van der Waals surface area contributed by atoms with E-state index in [1.54, 1.807) is 16.8 Å². The molecule has 2 aromatic heterocycles. The lowest BCUT2D eigenvalue weighted by Crippen LogP contribution is -2.42. The fraction of sp³-hybridized carbons (Fsp3) is 0.700. The molecule has 10 heteroatoms. The van der Waals surface area contributed by atoms with E-state index in [0.29, 0.717) is 30.0 Å². The first-order valence-electron chi connectivity index (χ1n) is 10.7. The standard InChI is InChI=1S/C20H32N6O4/c21-18-14-4-8-26(19(14)24-13-23-18)20-17(28)16(27)15(30-20)12-25-7-3-6-22-5-1-2-10-29-11-9-25/h4,8,13,15-17,20,22,27-28H,1-3,5-7,9-12H2,(H2,21,23,24)/t15-,16-,17-,20-/m1/s1. The van der Waals surface area contributed by atoms with Crippen molar-refractivity contribution >= 4 is 16.9 Å². The fourth-order valence-electron chi connectivity index (χ4n) is 4.16. The van der Waals surface area contributed by atoms with E-state index in [1.165, 1.54) is 6.33 Å². The number of nitrogen functional groups attached to an aromatic ring is 1. The Kier molecular flexibility index (Phi) is 7.13. The number of nitrogens with zero attached hydrogens (tertiary/aromatic N) is 4. The highest BCUT2D eigenvalue weighted by atomic mass is 16.6. The van der Waals surface area contributed by atoms with Crippen LogP contribution in [0.25, 0.3) is 11.0 Å². The maximum Gasteiger partial charge on any atom is 0.164 e. The molecular formula is C20H32N6O4. The highest BCUT2D eigenvalue weighted by Gasteiger charge is 2.44. The van der Waals surface area contributed by atoms with Crippen molar-refractivity contribution in [3.63, 3.8) is 0 Å². The van der Waals surface area contributed by atoms with Gasteiger partial charge in [-0.1, -0.05) is 0 Å². The van der Waals surface area contributed by atoms with E-state index in [-0.39, 0.29) is 0 Å². The van der Waals surface area contributed by atoms with Gasteiger partial charge >= 0.3 is 0 Å². The van der Waals surface area contributed by atoms with Crippen LogP contribution in [-0.4, -0.2) is 93.9 Å². The lowest BCUT2D eigenvalue weighted by molar-refractivity contribution is -0.0459. The second kappa shape index (κ2) is 9.99. The molecule has 4 heterocycles. The molecule has 5 N–H and O–H groups in total. The third kappa shape index (κ3) is 4.74. The van der Waals surface area contributed by atoms with Crippen LogP contribution < -0.4 is 11.1 Å². The van der Waals surface area contributed by atoms with Crippen LogP contribution in [0.15, 0.2) is 18.6 Å². The molecule has 0 aliphatic carbocycles. The largest absolute Gasteiger partial charge is 0.387 e. The molecule has 2 saturated heterocycles. The number of fused-ring (bicyclic) bond motifs is 1. The zero-order valence-corrected chi connectivity index (χ0v) is 17.2. The van der Waals surface area contributed by atoms with Gasteiger partial charge in [-0.15, -0.1) is 0 Å². The molecule has 0 saturated carbocycles. The normalized spacial score (nSPS) is 30.2. The summed E-state index contributed by atoms with van der Waals surface area (Å²) in [5.74, 6) is 0.372. The van der Waals surface area contributed by atoms with Crippen molar-refractivity contribution < 1.29 is 19.7 Å². The number of nitrogens with one attached hydrogen (secondary N) is 1. The van der Waals surface area contributed by atoms with Crippen LogP contribution >= 0.6 is 0 Å². The van der Waals surface area contributed by atoms with Crippen LogP contribution in [-0.2, 0) is 9.47 Å². The fourth-order valence-corrected chi connectivity index (χ4v) is 4.16. The van der Waals surface area contributed by atoms with Gasteiger partial charge in [0.1, 0.15) is 36.1 Å². The van der Waals surface area contributed by atoms with Gasteiger partial charge in [0.2, 0.25) is 0 Å². The SMILES string of the molecule is Nc1ncnc2c1ccn2[C@@H]1O[C@H](CN2CCCNCCCCOCC2)[C@@H](O)[C@H]1O. The van der Waals surface area contributed by atoms with Gasteiger partial charge in [-0.3, -0.25) is 4.90 Å². The summed E-state index contributed by atoms with van der Waals surface area (Å²) in [7, 11) is 0. The molecule has 30 heavy (non-hydrogen) atoms. The van der Waals surface area contributed by atoms with E-state index >= 15 is 0 Å². The van der Waals surface area contributed by atoms with Crippen molar-refractivity contribution in [2.45, 2.75) is 43.8 Å². The number of aromatic nitrogens is 3. The highest BCUT2D eigenvalue weighted by molar-refractivity contribution is 5.86. The van der Waals surface area contributed by atoms with Crippen molar-refractivity contribution in [1.82, 2.24) is 24.8 Å². The van der Waals surface area contributed by atoms with Crippen molar-refractivity contribution in [2.75, 3.05) is 51.7 Å². The summed E-state index contributed by atoms with van der Waals surface area (Å²) >= 11 is 0. The highest BCUT2D eigenvalue weighted by Crippen LogP contribution is 2.33. The molecule has 0 spiro atoms. The van der Waals surface area contributed by atoms with Crippen LogP contribution in [0.4, 0.5) is 5.82 Å². The lowest BCUT2D eigenvalue weighted by Gasteiger charge is -2.27. The van der Waals surface area contributed by atoms with Gasteiger partial charge in [-0.2, -0.15) is 0 Å². The maximum atomic E-state index is 10.7. The summed E-state index contributed by atoms with van der Waals surface area (Å²) in [5.41, 5.74) is 6.49. The Morgan fingerprint density at radius 3 is 2.87 bits per heavy atom. The monoisotopic (exact) mass is 420 g/mol. The van der Waals surface area contributed by atoms with Crippen molar-refractivity contribution in [2.24, 2.45) is 0 Å². The van der Waals surface area contributed by atoms with Gasteiger partial charge in [-0.05, 0) is 45.0 Å². The molecule has 166 valence electrons. The molecule has 0 aromatic carbocycles. The first-order valence-corrected chi connectivity index (χ1v) is 10.7. The van der Waals surface area contributed by atoms with Crippen LogP contribution in [0.3, 0.4) is 0 Å². The van der Waals surface area contributed by atoms with Crippen LogP contribution in [0, 0.1) is 0 Å². The van der Waals surface area contributed by atoms with Crippen LogP contribution in [0.5, 0.6) is 0 Å². The molecular weight excluding hydrogens is 388 g/mol. The minimum absolute atomic E-state index is 0.372. The van der Waals surface area contributed by atoms with E-state index in [0.717, 1.165) is 52.0 Å². The van der Waals surface area contributed by atoms with Crippen molar-refractivity contribution in [1.29, 1.82) is 0 Å². The summed E-state index contributed by atoms with van der Waals surface area (Å²) in [4.78, 5) is 10.5. The van der Waals surface area contributed by atoms with Gasteiger partial charge < -0.3 is 35.3 Å². The first kappa shape index (κ1) is 21.4. The van der Waals surface area contributed by atoms with E-state index < -0.39 is 24.5 Å². The number of ether oxygens (including phenoxy) is 2. The average molecular weight is 421 g/mol. The number of aliphatic hydroxyl groups excluding tert-OH is 2. The minimum atomic E-state index is -1.06. The van der Waals surface area contributed by atoms with E-state index in [4.69, 9.17) is 15.2 Å². The van der Waals surface area contributed by atoms with Crippen LogP contribution in [0.2, 0.25) is 0 Å².